The second-order valence-corrected chi connectivity index (χ2v) is 2.61. The third kappa shape index (κ3) is 2.62. The maximum Gasteiger partial charge on any atom is 0.313 e. The van der Waals surface area contributed by atoms with Crippen LogP contribution in [-0.2, 0) is 9.53 Å². The second-order valence-electron chi connectivity index (χ2n) is 2.61. The van der Waals surface area contributed by atoms with Gasteiger partial charge < -0.3 is 14.9 Å². The number of nitrogens with two attached hydrogens (primary N) is 1. The maximum absolute atomic E-state index is 11.3. The van der Waals surface area contributed by atoms with Crippen LogP contribution in [0.2, 0.25) is 0 Å². The molecule has 0 aliphatic carbocycles. The van der Waals surface area contributed by atoms with E-state index in [-0.39, 0.29) is 24.7 Å². The van der Waals surface area contributed by atoms with Crippen molar-refractivity contribution in [2.45, 2.75) is 13.3 Å². The zero-order chi connectivity index (χ0) is 10.6. The largest absolute Gasteiger partial charge is 0.466 e. The van der Waals surface area contributed by atoms with Crippen molar-refractivity contribution >= 4 is 17.6 Å². The van der Waals surface area contributed by atoms with E-state index in [2.05, 4.69) is 4.74 Å². The zero-order valence-electron chi connectivity index (χ0n) is 7.78. The summed E-state index contributed by atoms with van der Waals surface area (Å²) < 4.78 is 9.45. The van der Waals surface area contributed by atoms with Crippen molar-refractivity contribution < 1.29 is 18.7 Å². The Kier molecular flexibility index (Phi) is 3.28. The van der Waals surface area contributed by atoms with E-state index in [1.165, 1.54) is 12.1 Å². The highest BCUT2D eigenvalue weighted by Crippen LogP contribution is 2.11. The molecule has 2 N–H and O–H groups in total. The normalized spacial score (nSPS) is 9.79. The smallest absolute Gasteiger partial charge is 0.313 e. The number of carbonyl (C=O) groups is 2. The standard InChI is InChI=1S/C9H11NO4/c1-2-13-9(12)5-6(11)7-3-4-8(10)14-7/h3-4H,2,5,10H2,1H3. The van der Waals surface area contributed by atoms with Crippen molar-refractivity contribution in [2.24, 2.45) is 0 Å². The Hall–Kier alpha value is -1.78. The molecule has 1 aromatic rings. The SMILES string of the molecule is CCOC(=O)CC(=O)c1ccc(N)o1. The van der Waals surface area contributed by atoms with Crippen LogP contribution in [0.3, 0.4) is 0 Å². The number of nitrogen functional groups attached to an aromatic ring is 1. The molecule has 0 unspecified atom stereocenters. The molecule has 0 amide bonds. The zero-order valence-corrected chi connectivity index (χ0v) is 7.78. The van der Waals surface area contributed by atoms with Crippen molar-refractivity contribution in [2.75, 3.05) is 12.3 Å². The van der Waals surface area contributed by atoms with E-state index >= 15 is 0 Å². The molecule has 5 heteroatoms. The molecule has 0 aliphatic heterocycles. The topological polar surface area (TPSA) is 82.5 Å². The van der Waals surface area contributed by atoms with E-state index in [0.717, 1.165) is 0 Å². The highest BCUT2D eigenvalue weighted by molar-refractivity contribution is 6.04. The van der Waals surface area contributed by atoms with E-state index < -0.39 is 11.8 Å². The van der Waals surface area contributed by atoms with E-state index in [1.54, 1.807) is 6.92 Å². The monoisotopic (exact) mass is 197 g/mol. The van der Waals surface area contributed by atoms with Gasteiger partial charge in [0.1, 0.15) is 6.42 Å². The van der Waals surface area contributed by atoms with Gasteiger partial charge in [-0.2, -0.15) is 0 Å². The summed E-state index contributed by atoms with van der Waals surface area (Å²) in [6.07, 6.45) is -0.319. The first-order chi connectivity index (χ1) is 6.63. The highest BCUT2D eigenvalue weighted by Gasteiger charge is 2.15. The van der Waals surface area contributed by atoms with Crippen LogP contribution in [0.15, 0.2) is 16.5 Å². The van der Waals surface area contributed by atoms with Crippen LogP contribution in [0, 0.1) is 0 Å². The van der Waals surface area contributed by atoms with Crippen molar-refractivity contribution in [1.29, 1.82) is 0 Å². The lowest BCUT2D eigenvalue weighted by molar-refractivity contribution is -0.142. The summed E-state index contributed by atoms with van der Waals surface area (Å²) >= 11 is 0. The molecule has 0 fully saturated rings. The van der Waals surface area contributed by atoms with Gasteiger partial charge in [0.15, 0.2) is 11.6 Å². The van der Waals surface area contributed by atoms with E-state index in [0.29, 0.717) is 0 Å². The molecule has 1 heterocycles. The predicted molar refractivity (Wildman–Crippen MR) is 48.7 cm³/mol. The molecular weight excluding hydrogens is 186 g/mol. The fraction of sp³-hybridized carbons (Fsp3) is 0.333. The molecule has 5 nitrogen and oxygen atoms in total. The van der Waals surface area contributed by atoms with Crippen LogP contribution in [-0.4, -0.2) is 18.4 Å². The van der Waals surface area contributed by atoms with Crippen LogP contribution in [0.5, 0.6) is 0 Å². The Labute approximate surface area is 80.8 Å². The highest BCUT2D eigenvalue weighted by atomic mass is 16.5. The number of hydrogen-bond acceptors (Lipinski definition) is 5. The van der Waals surface area contributed by atoms with Gasteiger partial charge in [-0.05, 0) is 13.0 Å². The molecule has 0 atom stereocenters. The molecule has 0 saturated heterocycles. The lowest BCUT2D eigenvalue weighted by Crippen LogP contribution is -2.10. The quantitative estimate of drug-likeness (QED) is 0.442. The Morgan fingerprint density at radius 2 is 2.21 bits per heavy atom. The van der Waals surface area contributed by atoms with Gasteiger partial charge in [-0.1, -0.05) is 0 Å². The molecule has 0 aliphatic rings. The summed E-state index contributed by atoms with van der Waals surface area (Å²) in [5, 5.41) is 0. The molecule has 1 rings (SSSR count). The van der Waals surface area contributed by atoms with Crippen LogP contribution >= 0.6 is 0 Å². The van der Waals surface area contributed by atoms with Crippen molar-refractivity contribution in [3.63, 3.8) is 0 Å². The third-order valence-electron chi connectivity index (χ3n) is 1.51. The molecule has 0 aromatic carbocycles. The Bertz CT molecular complexity index is 342. The Morgan fingerprint density at radius 1 is 1.50 bits per heavy atom. The maximum atomic E-state index is 11.3. The minimum Gasteiger partial charge on any atom is -0.466 e. The first kappa shape index (κ1) is 10.3. The first-order valence-corrected chi connectivity index (χ1v) is 4.17. The number of carbonyl (C=O) groups excluding carboxylic acids is 2. The summed E-state index contributed by atoms with van der Waals surface area (Å²) in [6.45, 7) is 1.93. The summed E-state index contributed by atoms with van der Waals surface area (Å²) in [6, 6.07) is 2.88. The van der Waals surface area contributed by atoms with Gasteiger partial charge in [0.25, 0.3) is 0 Å². The Balaban J connectivity index is 2.55. The molecule has 0 spiro atoms. The predicted octanol–water partition coefficient (Wildman–Crippen LogP) is 0.998. The van der Waals surface area contributed by atoms with Crippen molar-refractivity contribution in [3.05, 3.63) is 17.9 Å². The van der Waals surface area contributed by atoms with E-state index in [9.17, 15) is 9.59 Å². The molecule has 76 valence electrons. The van der Waals surface area contributed by atoms with Gasteiger partial charge in [-0.25, -0.2) is 0 Å². The summed E-state index contributed by atoms with van der Waals surface area (Å²) in [5.74, 6) is -0.764. The molecule has 0 radical (unpaired) electrons. The molecule has 1 aromatic heterocycles. The van der Waals surface area contributed by atoms with Gasteiger partial charge in [-0.15, -0.1) is 0 Å². The summed E-state index contributed by atoms with van der Waals surface area (Å²) in [5.41, 5.74) is 5.27. The van der Waals surface area contributed by atoms with E-state index in [4.69, 9.17) is 10.2 Å². The number of ether oxygens (including phenoxy) is 1. The average Bonchev–Trinajstić information content (AvgIpc) is 2.52. The molecule has 0 saturated carbocycles. The van der Waals surface area contributed by atoms with Crippen LogP contribution in [0.4, 0.5) is 5.88 Å². The average molecular weight is 197 g/mol. The number of hydrogen-bond donors (Lipinski definition) is 1. The molecule has 14 heavy (non-hydrogen) atoms. The van der Waals surface area contributed by atoms with Gasteiger partial charge >= 0.3 is 5.97 Å². The molecular formula is C9H11NO4. The van der Waals surface area contributed by atoms with Crippen LogP contribution in [0.1, 0.15) is 23.9 Å². The summed E-state index contributed by atoms with van der Waals surface area (Å²) in [4.78, 5) is 22.2. The lowest BCUT2D eigenvalue weighted by atomic mass is 10.2. The fourth-order valence-corrected chi connectivity index (χ4v) is 0.933. The fourth-order valence-electron chi connectivity index (χ4n) is 0.933. The number of furan rings is 1. The summed E-state index contributed by atoms with van der Waals surface area (Å²) in [7, 11) is 0. The van der Waals surface area contributed by atoms with Gasteiger partial charge in [0.05, 0.1) is 6.61 Å². The number of ketones is 1. The number of anilines is 1. The minimum absolute atomic E-state index is 0.0792. The Morgan fingerprint density at radius 3 is 2.71 bits per heavy atom. The van der Waals surface area contributed by atoms with Crippen LogP contribution < -0.4 is 5.73 Å². The molecule has 0 bridgehead atoms. The van der Waals surface area contributed by atoms with Crippen molar-refractivity contribution in [1.82, 2.24) is 0 Å². The number of rotatable bonds is 4. The van der Waals surface area contributed by atoms with Crippen LogP contribution in [0.25, 0.3) is 0 Å². The minimum atomic E-state index is -0.563. The van der Waals surface area contributed by atoms with E-state index in [1.807, 2.05) is 0 Å². The lowest BCUT2D eigenvalue weighted by Gasteiger charge is -1.98. The van der Waals surface area contributed by atoms with Crippen molar-refractivity contribution in [3.8, 4) is 0 Å². The van der Waals surface area contributed by atoms with Gasteiger partial charge in [-0.3, -0.25) is 9.59 Å². The first-order valence-electron chi connectivity index (χ1n) is 4.17. The second kappa shape index (κ2) is 4.45. The van der Waals surface area contributed by atoms with Gasteiger partial charge in [0, 0.05) is 6.07 Å². The van der Waals surface area contributed by atoms with Gasteiger partial charge in [0.2, 0.25) is 5.78 Å². The number of esters is 1. The number of Topliss-reactive ketones (excluding diaryl/α,β-unsaturated/α-hetero) is 1. The third-order valence-corrected chi connectivity index (χ3v) is 1.51.